The summed E-state index contributed by atoms with van der Waals surface area (Å²) in [6, 6.07) is 5.88. The minimum Gasteiger partial charge on any atom is -0.493 e. The van der Waals surface area contributed by atoms with Crippen molar-refractivity contribution in [2.75, 3.05) is 14.2 Å². The molecule has 0 aliphatic rings. The van der Waals surface area contributed by atoms with Crippen LogP contribution in [0.4, 0.5) is 0 Å². The number of rotatable bonds is 2. The molecule has 1 heterocycles. The molecule has 19 heavy (non-hydrogen) atoms. The van der Waals surface area contributed by atoms with Crippen LogP contribution in [-0.4, -0.2) is 19.2 Å². The second-order valence-electron chi connectivity index (χ2n) is 4.02. The Labute approximate surface area is 118 Å². The Kier molecular flexibility index (Phi) is 4.57. The molecule has 0 radical (unpaired) electrons. The van der Waals surface area contributed by atoms with Crippen molar-refractivity contribution in [2.45, 2.75) is 13.8 Å². The molecule has 2 aromatic rings. The Hall–Kier alpha value is -1.99. The highest BCUT2D eigenvalue weighted by Gasteiger charge is 2.13. The number of pyridine rings is 1. The molecule has 100 valence electrons. The first-order valence-corrected chi connectivity index (χ1v) is 5.55. The van der Waals surface area contributed by atoms with E-state index >= 15 is 0 Å². The van der Waals surface area contributed by atoms with E-state index in [9.17, 15) is 5.26 Å². The summed E-state index contributed by atoms with van der Waals surface area (Å²) >= 11 is 0. The van der Waals surface area contributed by atoms with E-state index in [2.05, 4.69) is 11.1 Å². The summed E-state index contributed by atoms with van der Waals surface area (Å²) in [5, 5.41) is 11.0. The first kappa shape index (κ1) is 15.1. The van der Waals surface area contributed by atoms with Crippen LogP contribution in [0.2, 0.25) is 0 Å². The molecule has 5 heteroatoms. The molecule has 0 fully saturated rings. The van der Waals surface area contributed by atoms with Gasteiger partial charge in [-0.15, -0.1) is 12.4 Å². The molecule has 0 N–H and O–H groups in total. The second-order valence-corrected chi connectivity index (χ2v) is 4.02. The van der Waals surface area contributed by atoms with Crippen molar-refractivity contribution in [3.8, 4) is 17.6 Å². The first-order chi connectivity index (χ1) is 8.62. The summed E-state index contributed by atoms with van der Waals surface area (Å²) in [4.78, 5) is 4.38. The summed E-state index contributed by atoms with van der Waals surface area (Å²) in [7, 11) is 3.17. The van der Waals surface area contributed by atoms with Crippen molar-refractivity contribution in [2.24, 2.45) is 0 Å². The van der Waals surface area contributed by atoms with Gasteiger partial charge in [-0.2, -0.15) is 5.26 Å². The molecule has 0 bridgehead atoms. The average Bonchev–Trinajstić information content (AvgIpc) is 2.37. The third kappa shape index (κ3) is 2.42. The number of nitrogens with zero attached hydrogens (tertiary/aromatic N) is 2. The van der Waals surface area contributed by atoms with Gasteiger partial charge in [0, 0.05) is 16.5 Å². The number of hydrogen-bond donors (Lipinski definition) is 0. The lowest BCUT2D eigenvalue weighted by atomic mass is 10.0. The SMILES string of the molecule is COc1cc2c(C)nc(C)c(C#N)c2cc1OC.Cl. The van der Waals surface area contributed by atoms with Crippen molar-refractivity contribution in [1.29, 1.82) is 5.26 Å². The molecule has 0 spiro atoms. The van der Waals surface area contributed by atoms with Gasteiger partial charge in [0.2, 0.25) is 0 Å². The smallest absolute Gasteiger partial charge is 0.161 e. The zero-order valence-corrected chi connectivity index (χ0v) is 12.1. The lowest BCUT2D eigenvalue weighted by Gasteiger charge is -2.12. The summed E-state index contributed by atoms with van der Waals surface area (Å²) in [5.41, 5.74) is 2.19. The maximum absolute atomic E-state index is 9.24. The second kappa shape index (κ2) is 5.77. The predicted molar refractivity (Wildman–Crippen MR) is 76.3 cm³/mol. The van der Waals surface area contributed by atoms with Crippen LogP contribution in [0.1, 0.15) is 17.0 Å². The zero-order valence-electron chi connectivity index (χ0n) is 11.3. The Morgan fingerprint density at radius 3 is 2.00 bits per heavy atom. The van der Waals surface area contributed by atoms with Crippen molar-refractivity contribution in [3.63, 3.8) is 0 Å². The number of aryl methyl sites for hydroxylation is 2. The number of halogens is 1. The predicted octanol–water partition coefficient (Wildman–Crippen LogP) is 3.16. The molecule has 1 aromatic carbocycles. The third-order valence-electron chi connectivity index (χ3n) is 2.99. The quantitative estimate of drug-likeness (QED) is 0.847. The van der Waals surface area contributed by atoms with Crippen LogP contribution in [0.5, 0.6) is 11.5 Å². The van der Waals surface area contributed by atoms with Crippen LogP contribution < -0.4 is 9.47 Å². The topological polar surface area (TPSA) is 55.1 Å². The number of nitriles is 1. The van der Waals surface area contributed by atoms with Crippen LogP contribution in [0.3, 0.4) is 0 Å². The highest BCUT2D eigenvalue weighted by atomic mass is 35.5. The van der Waals surface area contributed by atoms with Gasteiger partial charge in [0.15, 0.2) is 11.5 Å². The van der Waals surface area contributed by atoms with Gasteiger partial charge in [-0.3, -0.25) is 4.98 Å². The van der Waals surface area contributed by atoms with Gasteiger partial charge in [-0.1, -0.05) is 0 Å². The van der Waals surface area contributed by atoms with E-state index in [1.54, 1.807) is 14.2 Å². The highest BCUT2D eigenvalue weighted by molar-refractivity contribution is 5.92. The van der Waals surface area contributed by atoms with E-state index in [4.69, 9.17) is 9.47 Å². The van der Waals surface area contributed by atoms with Crippen LogP contribution in [0.15, 0.2) is 12.1 Å². The molecule has 0 saturated carbocycles. The van der Waals surface area contributed by atoms with Gasteiger partial charge < -0.3 is 9.47 Å². The highest BCUT2D eigenvalue weighted by Crippen LogP contribution is 2.35. The summed E-state index contributed by atoms with van der Waals surface area (Å²) in [6.45, 7) is 3.75. The Morgan fingerprint density at radius 1 is 1.00 bits per heavy atom. The zero-order chi connectivity index (χ0) is 13.3. The van der Waals surface area contributed by atoms with E-state index < -0.39 is 0 Å². The summed E-state index contributed by atoms with van der Waals surface area (Å²) in [6.07, 6.45) is 0. The lowest BCUT2D eigenvalue weighted by Crippen LogP contribution is -1.97. The molecule has 0 amide bonds. The van der Waals surface area contributed by atoms with Gasteiger partial charge in [0.05, 0.1) is 25.5 Å². The monoisotopic (exact) mass is 278 g/mol. The van der Waals surface area contributed by atoms with Crippen molar-refractivity contribution in [1.82, 2.24) is 4.98 Å². The molecular weight excluding hydrogens is 264 g/mol. The molecule has 0 aliphatic carbocycles. The fraction of sp³-hybridized carbons (Fsp3) is 0.286. The van der Waals surface area contributed by atoms with Crippen LogP contribution >= 0.6 is 12.4 Å². The lowest BCUT2D eigenvalue weighted by molar-refractivity contribution is 0.356. The number of benzene rings is 1. The minimum absolute atomic E-state index is 0. The number of ether oxygens (including phenoxy) is 2. The molecule has 0 atom stereocenters. The van der Waals surface area contributed by atoms with Crippen molar-refractivity contribution >= 4 is 23.2 Å². The molecule has 0 aliphatic heterocycles. The van der Waals surface area contributed by atoms with Gasteiger partial charge in [-0.25, -0.2) is 0 Å². The average molecular weight is 279 g/mol. The molecule has 0 unspecified atom stereocenters. The first-order valence-electron chi connectivity index (χ1n) is 5.55. The van der Waals surface area contributed by atoms with E-state index in [0.717, 1.165) is 22.2 Å². The Balaban J connectivity index is 0.00000180. The van der Waals surface area contributed by atoms with E-state index in [1.165, 1.54) is 0 Å². The molecule has 2 rings (SSSR count). The van der Waals surface area contributed by atoms with E-state index in [0.29, 0.717) is 17.1 Å². The normalized spacial score (nSPS) is 9.63. The van der Waals surface area contributed by atoms with Gasteiger partial charge in [-0.05, 0) is 26.0 Å². The Bertz CT molecular complexity index is 663. The maximum Gasteiger partial charge on any atom is 0.161 e. The van der Waals surface area contributed by atoms with E-state index in [1.807, 2.05) is 26.0 Å². The number of hydrogen-bond acceptors (Lipinski definition) is 4. The van der Waals surface area contributed by atoms with Crippen LogP contribution in [0.25, 0.3) is 10.8 Å². The summed E-state index contributed by atoms with van der Waals surface area (Å²) in [5.74, 6) is 1.26. The summed E-state index contributed by atoms with van der Waals surface area (Å²) < 4.78 is 10.5. The standard InChI is InChI=1S/C14H14N2O2.ClH/c1-8-10-5-13(17-3)14(18-4)6-11(10)12(7-15)9(2)16-8;/h5-6H,1-4H3;1H. The largest absolute Gasteiger partial charge is 0.493 e. The van der Waals surface area contributed by atoms with Crippen LogP contribution in [0, 0.1) is 25.2 Å². The number of aromatic nitrogens is 1. The molecule has 0 saturated heterocycles. The van der Waals surface area contributed by atoms with Gasteiger partial charge >= 0.3 is 0 Å². The number of fused-ring (bicyclic) bond motifs is 1. The number of methoxy groups -OCH3 is 2. The fourth-order valence-electron chi connectivity index (χ4n) is 2.09. The maximum atomic E-state index is 9.24. The fourth-order valence-corrected chi connectivity index (χ4v) is 2.09. The minimum atomic E-state index is 0. The molecule has 4 nitrogen and oxygen atoms in total. The third-order valence-corrected chi connectivity index (χ3v) is 2.99. The van der Waals surface area contributed by atoms with Crippen molar-refractivity contribution in [3.05, 3.63) is 29.1 Å². The molecular formula is C14H15ClN2O2. The van der Waals surface area contributed by atoms with Gasteiger partial charge in [0.25, 0.3) is 0 Å². The molecule has 1 aromatic heterocycles. The Morgan fingerprint density at radius 2 is 1.53 bits per heavy atom. The van der Waals surface area contributed by atoms with Crippen LogP contribution in [-0.2, 0) is 0 Å². The van der Waals surface area contributed by atoms with Crippen molar-refractivity contribution < 1.29 is 9.47 Å². The van der Waals surface area contributed by atoms with E-state index in [-0.39, 0.29) is 12.4 Å². The van der Waals surface area contributed by atoms with Gasteiger partial charge in [0.1, 0.15) is 6.07 Å².